The summed E-state index contributed by atoms with van der Waals surface area (Å²) in [5.74, 6) is 0. The molecular weight excluding hydrogens is 401 g/mol. The lowest BCUT2D eigenvalue weighted by molar-refractivity contribution is -0.384. The molecule has 1 N–H and O–H groups in total. The van der Waals surface area contributed by atoms with Crippen molar-refractivity contribution in [3.8, 4) is 0 Å². The van der Waals surface area contributed by atoms with Gasteiger partial charge in [-0.15, -0.1) is 0 Å². The summed E-state index contributed by atoms with van der Waals surface area (Å²) in [5.41, 5.74) is -1.26. The molecule has 0 aliphatic carbocycles. The van der Waals surface area contributed by atoms with Crippen molar-refractivity contribution in [2.45, 2.75) is 18.9 Å². The van der Waals surface area contributed by atoms with E-state index in [0.717, 1.165) is 11.6 Å². The van der Waals surface area contributed by atoms with Gasteiger partial charge in [0.1, 0.15) is 5.69 Å². The van der Waals surface area contributed by atoms with Crippen LogP contribution in [0.1, 0.15) is 11.1 Å². The molecule has 0 bridgehead atoms. The summed E-state index contributed by atoms with van der Waals surface area (Å²) in [6.45, 7) is 0.118. The molecule has 0 fully saturated rings. The number of nitro benzene ring substituents is 1. The predicted octanol–water partition coefficient (Wildman–Crippen LogP) is 4.28. The van der Waals surface area contributed by atoms with Gasteiger partial charge in [0.2, 0.25) is 0 Å². The third-order valence-corrected chi connectivity index (χ3v) is 4.20. The number of anilines is 1. The number of rotatable bonds is 8. The van der Waals surface area contributed by atoms with Crippen LogP contribution in [0, 0.1) is 10.1 Å². The minimum Gasteiger partial charge on any atom is -0.389 e. The lowest BCUT2D eigenvalue weighted by atomic mass is 10.1. The highest BCUT2D eigenvalue weighted by Crippen LogP contribution is 2.41. The Morgan fingerprint density at radius 1 is 1.29 bits per heavy atom. The van der Waals surface area contributed by atoms with Crippen molar-refractivity contribution in [2.75, 3.05) is 25.1 Å². The first kappa shape index (κ1) is 21.9. The second kappa shape index (κ2) is 9.22. The number of likely N-dealkylation sites (N-methyl/N-ethyl adjacent to an activating group) is 1. The van der Waals surface area contributed by atoms with E-state index in [1.807, 2.05) is 30.3 Å². The molecule has 0 heterocycles. The van der Waals surface area contributed by atoms with Crippen LogP contribution in [-0.2, 0) is 17.5 Å². The molecule has 10 heteroatoms. The number of hydrogen-bond donors (Lipinski definition) is 1. The van der Waals surface area contributed by atoms with Crippen LogP contribution in [0.5, 0.6) is 0 Å². The predicted molar refractivity (Wildman–Crippen MR) is 98.5 cm³/mol. The fourth-order valence-electron chi connectivity index (χ4n) is 2.57. The van der Waals surface area contributed by atoms with Gasteiger partial charge in [0.25, 0.3) is 5.69 Å². The highest BCUT2D eigenvalue weighted by atomic mass is 35.5. The maximum atomic E-state index is 12.9. The van der Waals surface area contributed by atoms with Gasteiger partial charge < -0.3 is 14.7 Å². The number of nitrogens with zero attached hydrogens (tertiary/aromatic N) is 2. The van der Waals surface area contributed by atoms with E-state index in [1.54, 1.807) is 0 Å². The number of ether oxygens (including phenoxy) is 1. The Bertz CT molecular complexity index is 818. The van der Waals surface area contributed by atoms with Crippen molar-refractivity contribution in [3.63, 3.8) is 0 Å². The average molecular weight is 419 g/mol. The Balaban J connectivity index is 2.07. The molecule has 0 aliphatic heterocycles. The number of halogens is 4. The monoisotopic (exact) mass is 418 g/mol. The molecule has 2 aromatic rings. The Morgan fingerprint density at radius 3 is 2.50 bits per heavy atom. The number of alkyl halides is 3. The Labute approximate surface area is 164 Å². The zero-order chi connectivity index (χ0) is 20.9. The molecule has 152 valence electrons. The van der Waals surface area contributed by atoms with Crippen LogP contribution in [0.2, 0.25) is 5.02 Å². The standard InChI is InChI=1S/C18H18ClF3N2O4/c1-23(9-13(25)11-28-10-12-5-3-2-4-6-12)16-8-15(19)14(18(20,21)22)7-17(16)24(26)27/h2-8,13,25H,9-11H2,1H3. The van der Waals surface area contributed by atoms with Crippen LogP contribution < -0.4 is 4.90 Å². The first-order valence-corrected chi connectivity index (χ1v) is 8.53. The molecule has 6 nitrogen and oxygen atoms in total. The lowest BCUT2D eigenvalue weighted by Gasteiger charge is -2.23. The summed E-state index contributed by atoms with van der Waals surface area (Å²) in [7, 11) is 1.41. The number of benzene rings is 2. The minimum atomic E-state index is -4.82. The van der Waals surface area contributed by atoms with Gasteiger partial charge in [-0.3, -0.25) is 10.1 Å². The number of aliphatic hydroxyl groups is 1. The molecule has 2 aromatic carbocycles. The second-order valence-electron chi connectivity index (χ2n) is 6.11. The van der Waals surface area contributed by atoms with Crippen molar-refractivity contribution in [3.05, 3.63) is 68.7 Å². The topological polar surface area (TPSA) is 75.8 Å². The van der Waals surface area contributed by atoms with Gasteiger partial charge in [-0.25, -0.2) is 0 Å². The molecule has 1 unspecified atom stereocenters. The van der Waals surface area contributed by atoms with E-state index in [0.29, 0.717) is 6.07 Å². The third-order valence-electron chi connectivity index (χ3n) is 3.88. The van der Waals surface area contributed by atoms with E-state index >= 15 is 0 Å². The molecular formula is C18H18ClF3N2O4. The molecule has 0 aromatic heterocycles. The van der Waals surface area contributed by atoms with Crippen LogP contribution in [0.15, 0.2) is 42.5 Å². The van der Waals surface area contributed by atoms with Crippen molar-refractivity contribution in [1.82, 2.24) is 0 Å². The van der Waals surface area contributed by atoms with Gasteiger partial charge in [0.05, 0.1) is 34.8 Å². The first-order valence-electron chi connectivity index (χ1n) is 8.15. The largest absolute Gasteiger partial charge is 0.418 e. The maximum Gasteiger partial charge on any atom is 0.418 e. The van der Waals surface area contributed by atoms with Gasteiger partial charge in [-0.05, 0) is 11.6 Å². The fraction of sp³-hybridized carbons (Fsp3) is 0.333. The Hall–Kier alpha value is -2.36. The normalized spacial score (nSPS) is 12.6. The fourth-order valence-corrected chi connectivity index (χ4v) is 2.84. The summed E-state index contributed by atoms with van der Waals surface area (Å²) in [6.07, 6.45) is -5.83. The van der Waals surface area contributed by atoms with Gasteiger partial charge in [-0.1, -0.05) is 41.9 Å². The summed E-state index contributed by atoms with van der Waals surface area (Å²) in [6, 6.07) is 10.5. The van der Waals surface area contributed by atoms with Crippen molar-refractivity contribution in [1.29, 1.82) is 0 Å². The zero-order valence-corrected chi connectivity index (χ0v) is 15.6. The molecule has 28 heavy (non-hydrogen) atoms. The molecule has 0 aliphatic rings. The van der Waals surface area contributed by atoms with E-state index in [2.05, 4.69) is 0 Å². The molecule has 2 rings (SSSR count). The molecule has 0 amide bonds. The molecule has 0 saturated carbocycles. The van der Waals surface area contributed by atoms with Crippen molar-refractivity contribution in [2.24, 2.45) is 0 Å². The van der Waals surface area contributed by atoms with Gasteiger partial charge in [0.15, 0.2) is 0 Å². The van der Waals surface area contributed by atoms with E-state index in [1.165, 1.54) is 11.9 Å². The van der Waals surface area contributed by atoms with E-state index in [4.69, 9.17) is 16.3 Å². The minimum absolute atomic E-state index is 0.0542. The molecule has 1 atom stereocenters. The summed E-state index contributed by atoms with van der Waals surface area (Å²) in [5, 5.41) is 20.6. The maximum absolute atomic E-state index is 12.9. The van der Waals surface area contributed by atoms with Crippen LogP contribution in [0.4, 0.5) is 24.5 Å². The van der Waals surface area contributed by atoms with Crippen LogP contribution >= 0.6 is 11.6 Å². The van der Waals surface area contributed by atoms with E-state index in [9.17, 15) is 28.4 Å². The quantitative estimate of drug-likeness (QED) is 0.511. The summed E-state index contributed by atoms with van der Waals surface area (Å²) >= 11 is 5.67. The van der Waals surface area contributed by atoms with Crippen molar-refractivity contribution < 1.29 is 27.9 Å². The number of nitro groups is 1. The Kier molecular flexibility index (Phi) is 7.22. The average Bonchev–Trinajstić information content (AvgIpc) is 2.61. The number of aliphatic hydroxyl groups excluding tert-OH is 1. The highest BCUT2D eigenvalue weighted by molar-refractivity contribution is 6.31. The first-order chi connectivity index (χ1) is 13.1. The van der Waals surface area contributed by atoms with E-state index in [-0.39, 0.29) is 25.4 Å². The summed E-state index contributed by atoms with van der Waals surface area (Å²) in [4.78, 5) is 11.6. The van der Waals surface area contributed by atoms with E-state index < -0.39 is 33.5 Å². The van der Waals surface area contributed by atoms with Gasteiger partial charge in [-0.2, -0.15) is 13.2 Å². The smallest absolute Gasteiger partial charge is 0.389 e. The number of hydrogen-bond acceptors (Lipinski definition) is 5. The molecule has 0 spiro atoms. The third kappa shape index (κ3) is 5.82. The SMILES string of the molecule is CN(CC(O)COCc1ccccc1)c1cc(Cl)c(C(F)(F)F)cc1[N+](=O)[O-]. The van der Waals surface area contributed by atoms with Gasteiger partial charge >= 0.3 is 6.18 Å². The second-order valence-corrected chi connectivity index (χ2v) is 6.52. The molecule has 0 radical (unpaired) electrons. The van der Waals surface area contributed by atoms with Crippen LogP contribution in [0.3, 0.4) is 0 Å². The van der Waals surface area contributed by atoms with Crippen LogP contribution in [0.25, 0.3) is 0 Å². The lowest BCUT2D eigenvalue weighted by Crippen LogP contribution is -2.32. The van der Waals surface area contributed by atoms with Gasteiger partial charge in [0, 0.05) is 19.7 Å². The zero-order valence-electron chi connectivity index (χ0n) is 14.8. The van der Waals surface area contributed by atoms with Crippen molar-refractivity contribution >= 4 is 23.0 Å². The highest BCUT2D eigenvalue weighted by Gasteiger charge is 2.36. The Morgan fingerprint density at radius 2 is 1.93 bits per heavy atom. The molecule has 0 saturated heterocycles. The van der Waals surface area contributed by atoms with Crippen LogP contribution in [-0.4, -0.2) is 36.3 Å². The summed E-state index contributed by atoms with van der Waals surface area (Å²) < 4.78 is 44.2.